The Morgan fingerprint density at radius 2 is 1.58 bits per heavy atom. The van der Waals surface area contributed by atoms with Gasteiger partial charge in [0.2, 0.25) is 0 Å². The molecule has 3 rings (SSSR count). The van der Waals surface area contributed by atoms with Crippen LogP contribution in [0.1, 0.15) is 23.9 Å². The van der Waals surface area contributed by atoms with Crippen molar-refractivity contribution in [3.8, 4) is 17.1 Å². The first kappa shape index (κ1) is 22.9. The molecule has 166 valence electrons. The summed E-state index contributed by atoms with van der Waals surface area (Å²) in [6, 6.07) is 1.61. The van der Waals surface area contributed by atoms with E-state index in [1.165, 1.54) is 6.92 Å². The van der Waals surface area contributed by atoms with Crippen molar-refractivity contribution in [3.05, 3.63) is 61.7 Å². The first-order valence-electron chi connectivity index (χ1n) is 8.30. The predicted molar refractivity (Wildman–Crippen MR) is 98.0 cm³/mol. The van der Waals surface area contributed by atoms with Crippen molar-refractivity contribution in [1.29, 1.82) is 0 Å². The number of aromatic hydroxyl groups is 1. The second kappa shape index (κ2) is 7.75. The molecule has 0 saturated heterocycles. The zero-order valence-electron chi connectivity index (χ0n) is 15.2. The van der Waals surface area contributed by atoms with E-state index in [0.29, 0.717) is 27.6 Å². The van der Waals surface area contributed by atoms with Crippen LogP contribution in [0, 0.1) is 0 Å². The maximum absolute atomic E-state index is 13.0. The lowest BCUT2D eigenvalue weighted by molar-refractivity contribution is -0.141. The third kappa shape index (κ3) is 4.22. The molecular weight excluding hydrogens is 477 g/mol. The molecular formula is C17H10Cl2F6N4O2. The van der Waals surface area contributed by atoms with E-state index in [-0.39, 0.29) is 12.1 Å². The smallest absolute Gasteiger partial charge is 0.435 e. The minimum absolute atomic E-state index is 0.00236. The van der Waals surface area contributed by atoms with Crippen LogP contribution >= 0.6 is 23.2 Å². The molecule has 6 nitrogen and oxygen atoms in total. The van der Waals surface area contributed by atoms with Gasteiger partial charge in [-0.2, -0.15) is 41.2 Å². The molecule has 2 heterocycles. The van der Waals surface area contributed by atoms with Gasteiger partial charge in [-0.05, 0) is 24.6 Å². The number of aryl methyl sites for hydroxylation is 1. The lowest BCUT2D eigenvalue weighted by atomic mass is 10.2. The Kier molecular flexibility index (Phi) is 5.74. The highest BCUT2D eigenvalue weighted by atomic mass is 35.5. The van der Waals surface area contributed by atoms with Crippen LogP contribution in [0.4, 0.5) is 26.3 Å². The van der Waals surface area contributed by atoms with Gasteiger partial charge in [0, 0.05) is 6.20 Å². The molecule has 1 N–H and O–H groups in total. The van der Waals surface area contributed by atoms with E-state index in [2.05, 4.69) is 10.2 Å². The van der Waals surface area contributed by atoms with Gasteiger partial charge in [0.15, 0.2) is 17.1 Å². The number of aromatic nitrogens is 4. The number of halogens is 8. The second-order valence-electron chi connectivity index (χ2n) is 6.14. The summed E-state index contributed by atoms with van der Waals surface area (Å²) < 4.78 is 78.6. The first-order valence-corrected chi connectivity index (χ1v) is 9.06. The maximum Gasteiger partial charge on any atom is 0.435 e. The molecule has 0 unspecified atom stereocenters. The standard InChI is InChI=1S/C17H10Cl2F6N4O2/c1-2-10-14(30)13(28-4-3-11(27-28)17(23,24)25)15(31)29(26-10)12-8(18)5-7(6-9(12)19)16(20,21)22/h3-6,30H,2H2,1H3. The zero-order valence-corrected chi connectivity index (χ0v) is 16.7. The fraction of sp³-hybridized carbons (Fsp3) is 0.235. The van der Waals surface area contributed by atoms with Gasteiger partial charge in [-0.1, -0.05) is 30.1 Å². The molecule has 0 aliphatic heterocycles. The lowest BCUT2D eigenvalue weighted by Gasteiger charge is -2.16. The Bertz CT molecular complexity index is 1190. The van der Waals surface area contributed by atoms with Crippen molar-refractivity contribution in [1.82, 2.24) is 19.6 Å². The van der Waals surface area contributed by atoms with Gasteiger partial charge in [-0.3, -0.25) is 4.79 Å². The largest absolute Gasteiger partial charge is 0.504 e. The summed E-state index contributed by atoms with van der Waals surface area (Å²) in [4.78, 5) is 13.0. The van der Waals surface area contributed by atoms with Gasteiger partial charge in [0.05, 0.1) is 15.6 Å². The van der Waals surface area contributed by atoms with E-state index in [0.717, 1.165) is 6.20 Å². The van der Waals surface area contributed by atoms with Crippen LogP contribution < -0.4 is 5.56 Å². The number of nitrogens with zero attached hydrogens (tertiary/aromatic N) is 4. The van der Waals surface area contributed by atoms with Crippen LogP contribution in [0.2, 0.25) is 10.0 Å². The van der Waals surface area contributed by atoms with Gasteiger partial charge >= 0.3 is 17.9 Å². The third-order valence-corrected chi connectivity index (χ3v) is 4.69. The highest BCUT2D eigenvalue weighted by Crippen LogP contribution is 2.37. The minimum Gasteiger partial charge on any atom is -0.504 e. The topological polar surface area (TPSA) is 72.9 Å². The lowest BCUT2D eigenvalue weighted by Crippen LogP contribution is -2.28. The average Bonchev–Trinajstić information content (AvgIpc) is 3.12. The van der Waals surface area contributed by atoms with Crippen molar-refractivity contribution < 1.29 is 31.4 Å². The molecule has 0 atom stereocenters. The normalized spacial score (nSPS) is 12.4. The second-order valence-corrected chi connectivity index (χ2v) is 6.96. The van der Waals surface area contributed by atoms with Crippen molar-refractivity contribution >= 4 is 23.2 Å². The Balaban J connectivity index is 2.31. The summed E-state index contributed by atoms with van der Waals surface area (Å²) in [5, 5.41) is 16.3. The Hall–Kier alpha value is -2.73. The molecule has 0 aliphatic carbocycles. The van der Waals surface area contributed by atoms with Crippen molar-refractivity contribution in [3.63, 3.8) is 0 Å². The van der Waals surface area contributed by atoms with E-state index in [1.807, 2.05) is 0 Å². The summed E-state index contributed by atoms with van der Waals surface area (Å²) in [6.45, 7) is 1.51. The molecule has 0 aliphatic rings. The minimum atomic E-state index is -4.82. The van der Waals surface area contributed by atoms with Gasteiger partial charge in [-0.15, -0.1) is 0 Å². The van der Waals surface area contributed by atoms with E-state index in [4.69, 9.17) is 23.2 Å². The van der Waals surface area contributed by atoms with Crippen LogP contribution in [0.15, 0.2) is 29.2 Å². The molecule has 2 aromatic heterocycles. The number of benzene rings is 1. The molecule has 14 heteroatoms. The quantitative estimate of drug-likeness (QED) is 0.527. The molecule has 3 aromatic rings. The number of hydrogen-bond acceptors (Lipinski definition) is 4. The monoisotopic (exact) mass is 486 g/mol. The van der Waals surface area contributed by atoms with Gasteiger partial charge < -0.3 is 5.11 Å². The molecule has 0 radical (unpaired) electrons. The molecule has 31 heavy (non-hydrogen) atoms. The van der Waals surface area contributed by atoms with Gasteiger partial charge in [-0.25, -0.2) is 4.68 Å². The Morgan fingerprint density at radius 1 is 1.00 bits per heavy atom. The summed E-state index contributed by atoms with van der Waals surface area (Å²) in [5.74, 6) is -0.750. The van der Waals surface area contributed by atoms with Crippen LogP contribution in [0.3, 0.4) is 0 Å². The van der Waals surface area contributed by atoms with Crippen molar-refractivity contribution in [2.24, 2.45) is 0 Å². The predicted octanol–water partition coefficient (Wildman–Crippen LogP) is 5.03. The summed E-state index contributed by atoms with van der Waals surface area (Å²) >= 11 is 11.9. The summed E-state index contributed by atoms with van der Waals surface area (Å²) in [6.07, 6.45) is -8.80. The van der Waals surface area contributed by atoms with E-state index in [9.17, 15) is 36.2 Å². The molecule has 0 spiro atoms. The average molecular weight is 487 g/mol. The van der Waals surface area contributed by atoms with Crippen molar-refractivity contribution in [2.45, 2.75) is 25.7 Å². The van der Waals surface area contributed by atoms with E-state index in [1.54, 1.807) is 0 Å². The van der Waals surface area contributed by atoms with Crippen LogP contribution in [-0.4, -0.2) is 24.7 Å². The zero-order chi connectivity index (χ0) is 23.3. The molecule has 0 amide bonds. The van der Waals surface area contributed by atoms with Crippen molar-refractivity contribution in [2.75, 3.05) is 0 Å². The Morgan fingerprint density at radius 3 is 2.03 bits per heavy atom. The van der Waals surface area contributed by atoms with Crippen LogP contribution in [-0.2, 0) is 18.8 Å². The molecule has 0 fully saturated rings. The van der Waals surface area contributed by atoms with Crippen LogP contribution in [0.5, 0.6) is 5.75 Å². The van der Waals surface area contributed by atoms with E-state index < -0.39 is 56.3 Å². The molecule has 1 aromatic carbocycles. The first-order chi connectivity index (χ1) is 14.3. The van der Waals surface area contributed by atoms with Crippen LogP contribution in [0.25, 0.3) is 11.4 Å². The fourth-order valence-corrected chi connectivity index (χ4v) is 3.33. The Labute approximate surface area is 179 Å². The molecule has 0 saturated carbocycles. The highest BCUT2D eigenvalue weighted by molar-refractivity contribution is 6.37. The molecule has 0 bridgehead atoms. The van der Waals surface area contributed by atoms with E-state index >= 15 is 0 Å². The summed E-state index contributed by atoms with van der Waals surface area (Å²) in [7, 11) is 0. The van der Waals surface area contributed by atoms with Gasteiger partial charge in [0.25, 0.3) is 0 Å². The number of rotatable bonds is 3. The summed E-state index contributed by atoms with van der Waals surface area (Å²) in [5.41, 5.74) is -5.05. The maximum atomic E-state index is 13.0. The highest BCUT2D eigenvalue weighted by Gasteiger charge is 2.35. The SMILES string of the molecule is CCc1nn(-c2c(Cl)cc(C(F)(F)F)cc2Cl)c(=O)c(-n2ccc(C(F)(F)F)n2)c1O. The number of hydrogen-bond donors (Lipinski definition) is 1. The third-order valence-electron chi connectivity index (χ3n) is 4.11. The fourth-order valence-electron chi connectivity index (χ4n) is 2.68. The van der Waals surface area contributed by atoms with Gasteiger partial charge in [0.1, 0.15) is 11.4 Å². The number of alkyl halides is 6.